The lowest BCUT2D eigenvalue weighted by molar-refractivity contribution is -0.137. The van der Waals surface area contributed by atoms with Crippen molar-refractivity contribution >= 4 is 69.1 Å². The molecule has 0 saturated carbocycles. The third-order valence-corrected chi connectivity index (χ3v) is 11.9. The van der Waals surface area contributed by atoms with E-state index in [4.69, 9.17) is 34.8 Å². The van der Waals surface area contributed by atoms with E-state index in [1.54, 1.807) is 0 Å². The lowest BCUT2D eigenvalue weighted by Gasteiger charge is -2.30. The molecule has 3 heterocycles. The normalized spacial score (nSPS) is 20.7. The summed E-state index contributed by atoms with van der Waals surface area (Å²) in [7, 11) is -16.4. The number of aliphatic hydroxyl groups is 5. The number of carbonyl (C=O) groups excluding carboxylic acids is 3. The van der Waals surface area contributed by atoms with Crippen LogP contribution in [0.25, 0.3) is 11.2 Å². The van der Waals surface area contributed by atoms with E-state index in [0.717, 1.165) is 41.8 Å². The number of nitrogens with two attached hydrogens (primary N) is 1. The number of fused-ring (bicyclic) bond motifs is 1. The fourth-order valence-corrected chi connectivity index (χ4v) is 8.36. The highest BCUT2D eigenvalue weighted by Gasteiger charge is 2.50. The molecule has 2 unspecified atom stereocenters. The molecule has 344 valence electrons. The number of aliphatic hydroxyl groups excluding tert-OH is 5. The number of nitrogens with one attached hydrogen (secondary N) is 2. The van der Waals surface area contributed by atoms with Gasteiger partial charge in [0, 0.05) is 56.9 Å². The van der Waals surface area contributed by atoms with E-state index in [0.29, 0.717) is 12.2 Å². The number of hydrogen-bond acceptors (Lipinski definition) is 21. The van der Waals surface area contributed by atoms with Gasteiger partial charge in [0.2, 0.25) is 11.8 Å². The third kappa shape index (κ3) is 18.4. The Hall–Kier alpha value is -2.56. The SMILES string of the molecule is CC(C)(COP(=O)(O)OP(=O)(O)OC[C@H]1O[C@@H](n2cnc3c(N)ncnc32)[C@H](O)[C@@H]1OP(=O)(O)O)[C@@H](O)C(=O)NCCC(=O)NCCSC(=O)CCCO.OCCCCO. The van der Waals surface area contributed by atoms with Crippen LogP contribution in [-0.4, -0.2) is 158 Å². The van der Waals surface area contributed by atoms with Crippen molar-refractivity contribution in [2.75, 3.05) is 57.6 Å². The number of nitrogens with zero attached hydrogens (tertiary/aromatic N) is 4. The summed E-state index contributed by atoms with van der Waals surface area (Å²) in [6, 6.07) is 0. The van der Waals surface area contributed by atoms with Crippen LogP contribution in [0.2, 0.25) is 0 Å². The maximum atomic E-state index is 12.6. The maximum Gasteiger partial charge on any atom is 0.481 e. The minimum atomic E-state index is -5.57. The molecule has 0 radical (unpaired) electrons. The van der Waals surface area contributed by atoms with Crippen LogP contribution in [-0.2, 0) is 50.7 Å². The van der Waals surface area contributed by atoms with E-state index in [1.807, 2.05) is 0 Å². The van der Waals surface area contributed by atoms with Crippen molar-refractivity contribution < 1.29 is 95.8 Å². The van der Waals surface area contributed by atoms with Gasteiger partial charge in [-0.25, -0.2) is 28.6 Å². The average molecular weight is 944 g/mol. The number of anilines is 1. The van der Waals surface area contributed by atoms with Gasteiger partial charge in [-0.05, 0) is 19.3 Å². The largest absolute Gasteiger partial charge is 0.481 e. The average Bonchev–Trinajstić information content (AvgIpc) is 3.73. The zero-order chi connectivity index (χ0) is 45.3. The van der Waals surface area contributed by atoms with Gasteiger partial charge in [0.25, 0.3) is 0 Å². The monoisotopic (exact) mass is 943 g/mol. The molecule has 0 aromatic carbocycles. The van der Waals surface area contributed by atoms with E-state index in [2.05, 4.69) is 34.4 Å². The Kier molecular flexibility index (Phi) is 22.2. The molecule has 13 N–H and O–H groups in total. The van der Waals surface area contributed by atoms with Crippen LogP contribution in [0.5, 0.6) is 0 Å². The van der Waals surface area contributed by atoms with Gasteiger partial charge in [0.1, 0.15) is 36.3 Å². The molecule has 0 aliphatic carbocycles. The Labute approximate surface area is 346 Å². The van der Waals surface area contributed by atoms with Crippen LogP contribution in [0, 0.1) is 5.41 Å². The van der Waals surface area contributed by atoms with Crippen LogP contribution in [0.3, 0.4) is 0 Å². The second kappa shape index (κ2) is 24.9. The Morgan fingerprint density at radius 1 is 0.950 bits per heavy atom. The number of phosphoric ester groups is 3. The van der Waals surface area contributed by atoms with Gasteiger partial charge in [-0.15, -0.1) is 0 Å². The van der Waals surface area contributed by atoms with Crippen LogP contribution < -0.4 is 16.4 Å². The van der Waals surface area contributed by atoms with Crippen molar-refractivity contribution in [3.63, 3.8) is 0 Å². The molecule has 1 aliphatic heterocycles. The minimum absolute atomic E-state index is 0.0267. The first kappa shape index (κ1) is 53.6. The zero-order valence-electron chi connectivity index (χ0n) is 32.4. The van der Waals surface area contributed by atoms with Gasteiger partial charge in [0.05, 0.1) is 19.5 Å². The van der Waals surface area contributed by atoms with Gasteiger partial charge in [-0.3, -0.25) is 32.5 Å². The summed E-state index contributed by atoms with van der Waals surface area (Å²) in [4.78, 5) is 86.9. The fourth-order valence-electron chi connectivity index (χ4n) is 4.81. The Morgan fingerprint density at radius 2 is 1.58 bits per heavy atom. The summed E-state index contributed by atoms with van der Waals surface area (Å²) < 4.78 is 61.9. The number of imidazole rings is 1. The number of phosphoric acid groups is 3. The standard InChI is InChI=1S/C25H42N7O18P3S.C4H10O2/c1-25(2,20(37)23(38)28-6-5-15(34)27-7-9-54-16(35)4-3-8-33)11-47-53(44,45)50-52(42,43)46-10-14-19(49-51(39,40)41)18(36)24(48-14)32-13-31-17-21(26)29-12-30-22(17)32;5-3-1-2-4-6/h12-14,18-20,24,33,36-37H,3-11H2,1-2H3,(H,27,34)(H,28,38)(H,42,43)(H,44,45)(H2,26,29,30)(H2,39,40,41);5-6H,1-4H2/t14-,18-,19-,20+,24-;/m1./s1. The molecule has 27 nitrogen and oxygen atoms in total. The number of ether oxygens (including phenoxy) is 1. The number of nitrogen functional groups attached to an aromatic ring is 1. The highest BCUT2D eigenvalue weighted by Crippen LogP contribution is 2.61. The van der Waals surface area contributed by atoms with Crippen LogP contribution in [0.1, 0.15) is 52.2 Å². The first-order valence-corrected chi connectivity index (χ1v) is 23.3. The lowest BCUT2D eigenvalue weighted by Crippen LogP contribution is -2.46. The summed E-state index contributed by atoms with van der Waals surface area (Å²) in [6.07, 6.45) is -4.98. The molecule has 2 aromatic heterocycles. The summed E-state index contributed by atoms with van der Waals surface area (Å²) in [6.45, 7) is 0.693. The smallest absolute Gasteiger partial charge is 0.396 e. The highest BCUT2D eigenvalue weighted by molar-refractivity contribution is 8.13. The molecule has 3 rings (SSSR count). The van der Waals surface area contributed by atoms with Crippen LogP contribution in [0.4, 0.5) is 5.82 Å². The van der Waals surface area contributed by atoms with E-state index in [-0.39, 0.29) is 67.8 Å². The van der Waals surface area contributed by atoms with E-state index in [9.17, 15) is 57.9 Å². The molecule has 7 atom stereocenters. The van der Waals surface area contributed by atoms with Crippen molar-refractivity contribution in [3.8, 4) is 0 Å². The Bertz CT molecular complexity index is 1840. The predicted molar refractivity (Wildman–Crippen MR) is 207 cm³/mol. The number of rotatable bonds is 25. The van der Waals surface area contributed by atoms with E-state index in [1.165, 1.54) is 13.8 Å². The predicted octanol–water partition coefficient (Wildman–Crippen LogP) is -1.81. The number of amides is 2. The van der Waals surface area contributed by atoms with Gasteiger partial charge in [-0.2, -0.15) is 4.31 Å². The lowest BCUT2D eigenvalue weighted by atomic mass is 9.87. The molecular weight excluding hydrogens is 891 g/mol. The maximum absolute atomic E-state index is 12.6. The highest BCUT2D eigenvalue weighted by atomic mass is 32.2. The van der Waals surface area contributed by atoms with Gasteiger partial charge in [0.15, 0.2) is 22.8 Å². The third-order valence-electron chi connectivity index (χ3n) is 7.87. The Morgan fingerprint density at radius 3 is 2.20 bits per heavy atom. The summed E-state index contributed by atoms with van der Waals surface area (Å²) in [5.74, 6) is -1.19. The topological polar surface area (TPSA) is 424 Å². The van der Waals surface area contributed by atoms with Crippen LogP contribution in [0.15, 0.2) is 12.7 Å². The summed E-state index contributed by atoms with van der Waals surface area (Å²) in [5, 5.41) is 51.0. The molecule has 60 heavy (non-hydrogen) atoms. The number of carbonyl (C=O) groups is 3. The molecule has 31 heteroatoms. The fraction of sp³-hybridized carbons (Fsp3) is 0.724. The Balaban J connectivity index is 0.00000192. The van der Waals surface area contributed by atoms with Gasteiger partial charge >= 0.3 is 23.5 Å². The molecular formula is C29H52N7O20P3S. The summed E-state index contributed by atoms with van der Waals surface area (Å²) in [5.41, 5.74) is 4.24. The van der Waals surface area contributed by atoms with Crippen molar-refractivity contribution in [1.29, 1.82) is 0 Å². The molecule has 1 fully saturated rings. The molecule has 1 aliphatic rings. The number of thioether (sulfide) groups is 1. The van der Waals surface area contributed by atoms with Gasteiger partial charge in [-0.1, -0.05) is 25.6 Å². The van der Waals surface area contributed by atoms with Crippen molar-refractivity contribution in [2.24, 2.45) is 5.41 Å². The number of unbranched alkanes of at least 4 members (excludes halogenated alkanes) is 1. The van der Waals surface area contributed by atoms with Crippen molar-refractivity contribution in [1.82, 2.24) is 30.2 Å². The molecule has 2 aromatic rings. The first-order chi connectivity index (χ1) is 28.0. The second-order valence-corrected chi connectivity index (χ2v) is 18.7. The van der Waals surface area contributed by atoms with Gasteiger partial charge < -0.3 is 66.2 Å². The van der Waals surface area contributed by atoms with Crippen LogP contribution >= 0.6 is 35.2 Å². The number of aromatic nitrogens is 4. The second-order valence-electron chi connectivity index (χ2n) is 13.3. The minimum Gasteiger partial charge on any atom is -0.396 e. The summed E-state index contributed by atoms with van der Waals surface area (Å²) >= 11 is 0.999. The molecule has 0 spiro atoms. The molecule has 1 saturated heterocycles. The van der Waals surface area contributed by atoms with E-state index < -0.39 is 84.6 Å². The first-order valence-electron chi connectivity index (χ1n) is 17.8. The van der Waals surface area contributed by atoms with E-state index >= 15 is 0 Å². The molecule has 2 amide bonds. The zero-order valence-corrected chi connectivity index (χ0v) is 35.9. The van der Waals surface area contributed by atoms with Crippen molar-refractivity contribution in [3.05, 3.63) is 12.7 Å². The quantitative estimate of drug-likeness (QED) is 0.0385. The number of hydrogen-bond donors (Lipinski definition) is 12. The molecule has 0 bridgehead atoms. The van der Waals surface area contributed by atoms with Crippen molar-refractivity contribution in [2.45, 2.75) is 76.6 Å².